The summed E-state index contributed by atoms with van der Waals surface area (Å²) in [7, 11) is 1.59. The molecule has 2 amide bonds. The lowest BCUT2D eigenvalue weighted by molar-refractivity contribution is -0.128. The van der Waals surface area contributed by atoms with Gasteiger partial charge in [0.25, 0.3) is 5.91 Å². The number of fused-ring (bicyclic) bond motifs is 1. The van der Waals surface area contributed by atoms with Gasteiger partial charge in [-0.15, -0.1) is 0 Å². The summed E-state index contributed by atoms with van der Waals surface area (Å²) < 4.78 is 5.29. The molecule has 168 valence electrons. The lowest BCUT2D eigenvalue weighted by atomic mass is 9.76. The minimum absolute atomic E-state index is 0.321. The van der Waals surface area contributed by atoms with E-state index in [0.29, 0.717) is 21.5 Å². The number of imide groups is 1. The third-order valence-electron chi connectivity index (χ3n) is 6.22. The Balaban J connectivity index is 1.64. The third kappa shape index (κ3) is 3.37. The Bertz CT molecular complexity index is 1210. The molecule has 2 aliphatic heterocycles. The molecule has 0 aliphatic carbocycles. The van der Waals surface area contributed by atoms with E-state index in [1.807, 2.05) is 54.6 Å². The molecule has 2 heterocycles. The highest BCUT2D eigenvalue weighted by atomic mass is 35.5. The molecule has 0 saturated carbocycles. The van der Waals surface area contributed by atoms with Crippen molar-refractivity contribution in [3.05, 3.63) is 88.4 Å². The predicted octanol–water partition coefficient (Wildman–Crippen LogP) is 5.44. The molecule has 2 saturated heterocycles. The summed E-state index contributed by atoms with van der Waals surface area (Å²) in [5.74, 6) is -0.150. The summed E-state index contributed by atoms with van der Waals surface area (Å²) >= 11 is 12.3. The summed E-state index contributed by atoms with van der Waals surface area (Å²) in [5.41, 5.74) is 0.682. The molecule has 0 bridgehead atoms. The molecule has 33 heavy (non-hydrogen) atoms. The number of anilines is 2. The van der Waals surface area contributed by atoms with Gasteiger partial charge in [0, 0.05) is 10.0 Å². The largest absolute Gasteiger partial charge is 0.497 e. The van der Waals surface area contributed by atoms with Gasteiger partial charge in [0.05, 0.1) is 24.5 Å². The van der Waals surface area contributed by atoms with Crippen molar-refractivity contribution in [2.24, 2.45) is 5.41 Å². The van der Waals surface area contributed by atoms with Gasteiger partial charge in [-0.3, -0.25) is 14.4 Å². The van der Waals surface area contributed by atoms with E-state index in [2.05, 4.69) is 0 Å². The molecule has 3 aromatic rings. The van der Waals surface area contributed by atoms with Crippen molar-refractivity contribution in [3.8, 4) is 5.75 Å². The summed E-state index contributed by atoms with van der Waals surface area (Å²) in [6.07, 6.45) is -1.02. The summed E-state index contributed by atoms with van der Waals surface area (Å²) in [6, 6.07) is 20.9. The number of carbonyl (C=O) groups is 2. The minimum Gasteiger partial charge on any atom is -0.497 e. The first kappa shape index (κ1) is 21.8. The molecule has 8 heteroatoms. The van der Waals surface area contributed by atoms with Crippen LogP contribution in [-0.4, -0.2) is 25.0 Å². The van der Waals surface area contributed by atoms with Crippen molar-refractivity contribution in [1.82, 2.24) is 0 Å². The SMILES string of the molecule is COc1ccc([C@@H]2N(c3ccccc3)O[C@@H]3C(=O)N(c4cc(Cl)cc(Cl)c4)C(=O)[C@]32C)cc1. The van der Waals surface area contributed by atoms with Crippen molar-refractivity contribution in [1.29, 1.82) is 0 Å². The normalized spacial score (nSPS) is 24.4. The lowest BCUT2D eigenvalue weighted by Gasteiger charge is -2.32. The number of hydrogen-bond donors (Lipinski definition) is 0. The van der Waals surface area contributed by atoms with Crippen LogP contribution in [0.5, 0.6) is 5.75 Å². The monoisotopic (exact) mass is 482 g/mol. The predicted molar refractivity (Wildman–Crippen MR) is 127 cm³/mol. The second-order valence-corrected chi connectivity index (χ2v) is 9.08. The zero-order valence-corrected chi connectivity index (χ0v) is 19.4. The van der Waals surface area contributed by atoms with Crippen LogP contribution >= 0.6 is 23.2 Å². The van der Waals surface area contributed by atoms with E-state index in [1.165, 1.54) is 0 Å². The number of benzene rings is 3. The van der Waals surface area contributed by atoms with Crippen LogP contribution in [0.4, 0.5) is 11.4 Å². The first-order valence-corrected chi connectivity index (χ1v) is 11.1. The van der Waals surface area contributed by atoms with Crippen LogP contribution in [0, 0.1) is 5.41 Å². The van der Waals surface area contributed by atoms with Crippen LogP contribution in [0.1, 0.15) is 18.5 Å². The van der Waals surface area contributed by atoms with E-state index in [-0.39, 0.29) is 5.91 Å². The Kier molecular flexibility index (Phi) is 5.32. The van der Waals surface area contributed by atoms with E-state index in [0.717, 1.165) is 16.2 Å². The van der Waals surface area contributed by atoms with Crippen molar-refractivity contribution >= 4 is 46.4 Å². The van der Waals surface area contributed by atoms with E-state index >= 15 is 0 Å². The maximum absolute atomic E-state index is 13.9. The van der Waals surface area contributed by atoms with Gasteiger partial charge in [0.2, 0.25) is 5.91 Å². The number of hydrogen-bond acceptors (Lipinski definition) is 5. The van der Waals surface area contributed by atoms with Crippen LogP contribution in [0.25, 0.3) is 0 Å². The highest BCUT2D eigenvalue weighted by molar-refractivity contribution is 6.36. The lowest BCUT2D eigenvalue weighted by Crippen LogP contribution is -2.41. The zero-order chi connectivity index (χ0) is 23.3. The molecule has 0 unspecified atom stereocenters. The van der Waals surface area contributed by atoms with Gasteiger partial charge in [-0.2, -0.15) is 0 Å². The number of rotatable bonds is 4. The molecule has 3 aromatic carbocycles. The fourth-order valence-corrected chi connectivity index (χ4v) is 5.14. The fourth-order valence-electron chi connectivity index (χ4n) is 4.63. The standard InChI is InChI=1S/C25H20Cl2N2O4/c1-25-21(15-8-10-20(32-2)11-9-15)29(18-6-4-3-5-7-18)33-22(25)23(30)28(24(25)31)19-13-16(26)12-17(27)14-19/h3-14,21-22H,1-2H3/t21-,22+,25-/m0/s1. The quantitative estimate of drug-likeness (QED) is 0.463. The van der Waals surface area contributed by atoms with Crippen LogP contribution in [0.2, 0.25) is 10.0 Å². The molecule has 2 fully saturated rings. The summed E-state index contributed by atoms with van der Waals surface area (Å²) in [6.45, 7) is 1.77. The Labute approximate surface area is 201 Å². The highest BCUT2D eigenvalue weighted by Crippen LogP contribution is 2.55. The van der Waals surface area contributed by atoms with Gasteiger partial charge in [-0.1, -0.05) is 53.5 Å². The van der Waals surface area contributed by atoms with E-state index < -0.39 is 23.5 Å². The molecule has 3 atom stereocenters. The average molecular weight is 483 g/mol. The van der Waals surface area contributed by atoms with Gasteiger partial charge in [-0.25, -0.2) is 9.96 Å². The van der Waals surface area contributed by atoms with Crippen LogP contribution in [0.15, 0.2) is 72.8 Å². The summed E-state index contributed by atoms with van der Waals surface area (Å²) in [5, 5.41) is 2.32. The molecular weight excluding hydrogens is 463 g/mol. The molecule has 0 spiro atoms. The molecule has 6 nitrogen and oxygen atoms in total. The van der Waals surface area contributed by atoms with Gasteiger partial charge in [0.1, 0.15) is 11.2 Å². The van der Waals surface area contributed by atoms with Gasteiger partial charge < -0.3 is 4.74 Å². The second kappa shape index (κ2) is 8.06. The number of halogens is 2. The van der Waals surface area contributed by atoms with Crippen molar-refractivity contribution in [2.75, 3.05) is 17.1 Å². The number of nitrogens with zero attached hydrogens (tertiary/aromatic N) is 2. The first-order valence-electron chi connectivity index (χ1n) is 10.3. The second-order valence-electron chi connectivity index (χ2n) is 8.21. The number of ether oxygens (including phenoxy) is 1. The number of methoxy groups -OCH3 is 1. The Morgan fingerprint density at radius 3 is 2.15 bits per heavy atom. The minimum atomic E-state index is -1.20. The topological polar surface area (TPSA) is 59.1 Å². The molecular formula is C25H20Cl2N2O4. The summed E-state index contributed by atoms with van der Waals surface area (Å²) in [4.78, 5) is 34.8. The van der Waals surface area contributed by atoms with Crippen LogP contribution in [0.3, 0.4) is 0 Å². The molecule has 2 aliphatic rings. The number of carbonyl (C=O) groups excluding carboxylic acids is 2. The van der Waals surface area contributed by atoms with Crippen molar-refractivity contribution in [3.63, 3.8) is 0 Å². The third-order valence-corrected chi connectivity index (χ3v) is 6.66. The Morgan fingerprint density at radius 1 is 0.909 bits per heavy atom. The Morgan fingerprint density at radius 2 is 1.55 bits per heavy atom. The fraction of sp³-hybridized carbons (Fsp3) is 0.200. The first-order chi connectivity index (χ1) is 15.8. The maximum atomic E-state index is 13.9. The van der Waals surface area contributed by atoms with Crippen LogP contribution < -0.4 is 14.7 Å². The number of hydroxylamine groups is 1. The van der Waals surface area contributed by atoms with Gasteiger partial charge in [-0.05, 0) is 55.0 Å². The number of amides is 2. The van der Waals surface area contributed by atoms with Gasteiger partial charge >= 0.3 is 0 Å². The Hall–Kier alpha value is -3.06. The molecule has 0 N–H and O–H groups in total. The van der Waals surface area contributed by atoms with Crippen LogP contribution in [-0.2, 0) is 14.4 Å². The smallest absolute Gasteiger partial charge is 0.266 e. The highest BCUT2D eigenvalue weighted by Gasteiger charge is 2.68. The van der Waals surface area contributed by atoms with Crippen molar-refractivity contribution < 1.29 is 19.2 Å². The maximum Gasteiger partial charge on any atom is 0.266 e. The van der Waals surface area contributed by atoms with E-state index in [4.69, 9.17) is 32.8 Å². The van der Waals surface area contributed by atoms with E-state index in [9.17, 15) is 9.59 Å². The average Bonchev–Trinajstić information content (AvgIpc) is 3.22. The molecule has 5 rings (SSSR count). The zero-order valence-electron chi connectivity index (χ0n) is 17.9. The van der Waals surface area contributed by atoms with Crippen molar-refractivity contribution in [2.45, 2.75) is 19.1 Å². The van der Waals surface area contributed by atoms with Gasteiger partial charge in [0.15, 0.2) is 6.10 Å². The molecule has 0 radical (unpaired) electrons. The molecule has 0 aromatic heterocycles. The number of para-hydroxylation sites is 1. The van der Waals surface area contributed by atoms with E-state index in [1.54, 1.807) is 37.3 Å².